The summed E-state index contributed by atoms with van der Waals surface area (Å²) < 4.78 is 5.38. The van der Waals surface area contributed by atoms with Crippen LogP contribution in [0.4, 0.5) is 0 Å². The minimum absolute atomic E-state index is 0.739. The highest BCUT2D eigenvalue weighted by atomic mass is 16.5. The van der Waals surface area contributed by atoms with Crippen molar-refractivity contribution in [1.29, 1.82) is 0 Å². The van der Waals surface area contributed by atoms with Gasteiger partial charge in [0.2, 0.25) is 0 Å². The Morgan fingerprint density at radius 2 is 2.06 bits per heavy atom. The van der Waals surface area contributed by atoms with E-state index >= 15 is 0 Å². The van der Waals surface area contributed by atoms with Crippen molar-refractivity contribution >= 4 is 0 Å². The fourth-order valence-electron chi connectivity index (χ4n) is 2.16. The lowest BCUT2D eigenvalue weighted by molar-refractivity contribution is 0.231. The Morgan fingerprint density at radius 1 is 1.38 bits per heavy atom. The molecule has 0 aliphatic carbocycles. The second kappa shape index (κ2) is 7.50. The summed E-state index contributed by atoms with van der Waals surface area (Å²) >= 11 is 0. The van der Waals surface area contributed by atoms with Crippen LogP contribution in [0.3, 0.4) is 0 Å². The van der Waals surface area contributed by atoms with E-state index in [2.05, 4.69) is 17.6 Å². The van der Waals surface area contributed by atoms with Gasteiger partial charge in [0.05, 0.1) is 12.4 Å². The summed E-state index contributed by atoms with van der Waals surface area (Å²) in [5, 5.41) is 0. The van der Waals surface area contributed by atoms with Gasteiger partial charge in [0.25, 0.3) is 0 Å². The second-order valence-electron chi connectivity index (χ2n) is 4.50. The lowest BCUT2D eigenvalue weighted by Crippen LogP contribution is -2.20. The molecule has 1 aliphatic heterocycles. The molecule has 1 heterocycles. The molecule has 0 aromatic heterocycles. The minimum Gasteiger partial charge on any atom is -0.499 e. The summed E-state index contributed by atoms with van der Waals surface area (Å²) in [5.74, 6) is 0.980. The summed E-state index contributed by atoms with van der Waals surface area (Å²) in [4.78, 5) is 2.55. The van der Waals surface area contributed by atoms with Crippen LogP contribution in [0.25, 0.3) is 0 Å². The van der Waals surface area contributed by atoms with Gasteiger partial charge in [-0.05, 0) is 65.2 Å². The fourth-order valence-corrected chi connectivity index (χ4v) is 2.16. The van der Waals surface area contributed by atoms with Gasteiger partial charge in [0.15, 0.2) is 0 Å². The van der Waals surface area contributed by atoms with Gasteiger partial charge in [-0.2, -0.15) is 0 Å². The molecule has 1 saturated heterocycles. The first kappa shape index (κ1) is 13.3. The number of rotatable bonds is 7. The average molecular weight is 223 g/mol. The fraction of sp³-hybridized carbons (Fsp3) is 0.714. The quantitative estimate of drug-likeness (QED) is 0.485. The number of allylic oxidation sites excluding steroid dienone is 3. The molecule has 0 bridgehead atoms. The van der Waals surface area contributed by atoms with Gasteiger partial charge in [-0.25, -0.2) is 0 Å². The number of likely N-dealkylation sites (tertiary alicyclic amines) is 1. The summed E-state index contributed by atoms with van der Waals surface area (Å²) in [7, 11) is 0. The van der Waals surface area contributed by atoms with Crippen molar-refractivity contribution < 1.29 is 4.74 Å². The van der Waals surface area contributed by atoms with Crippen molar-refractivity contribution in [2.24, 2.45) is 0 Å². The topological polar surface area (TPSA) is 12.5 Å². The molecule has 0 aromatic carbocycles. The molecule has 0 N–H and O–H groups in total. The van der Waals surface area contributed by atoms with Crippen LogP contribution in [0.2, 0.25) is 0 Å². The van der Waals surface area contributed by atoms with Crippen LogP contribution in [0.5, 0.6) is 0 Å². The normalized spacial score (nSPS) is 17.8. The SMILES string of the molecule is C=C(/C=C(\C)OCC)CCCN1CCCC1. The van der Waals surface area contributed by atoms with Crippen LogP contribution >= 0.6 is 0 Å². The third kappa shape index (κ3) is 5.36. The van der Waals surface area contributed by atoms with Crippen LogP contribution in [-0.4, -0.2) is 31.1 Å². The van der Waals surface area contributed by atoms with Crippen LogP contribution in [0.1, 0.15) is 39.5 Å². The van der Waals surface area contributed by atoms with Crippen molar-refractivity contribution in [1.82, 2.24) is 4.90 Å². The Bertz CT molecular complexity index is 239. The molecular weight excluding hydrogens is 198 g/mol. The third-order valence-electron chi connectivity index (χ3n) is 2.95. The van der Waals surface area contributed by atoms with E-state index in [1.54, 1.807) is 0 Å². The van der Waals surface area contributed by atoms with E-state index in [9.17, 15) is 0 Å². The lowest BCUT2D eigenvalue weighted by atomic mass is 10.1. The number of nitrogens with zero attached hydrogens (tertiary/aromatic N) is 1. The summed E-state index contributed by atoms with van der Waals surface area (Å²) in [6, 6.07) is 0. The molecule has 2 heteroatoms. The predicted molar refractivity (Wildman–Crippen MR) is 69.4 cm³/mol. The smallest absolute Gasteiger partial charge is 0.0931 e. The molecule has 1 rings (SSSR count). The minimum atomic E-state index is 0.739. The number of ether oxygens (including phenoxy) is 1. The molecule has 0 spiro atoms. The third-order valence-corrected chi connectivity index (χ3v) is 2.95. The lowest BCUT2D eigenvalue weighted by Gasteiger charge is -2.14. The predicted octanol–water partition coefficient (Wildman–Crippen LogP) is 3.36. The van der Waals surface area contributed by atoms with E-state index in [0.717, 1.165) is 18.8 Å². The molecule has 16 heavy (non-hydrogen) atoms. The molecule has 1 aliphatic rings. The first-order valence-electron chi connectivity index (χ1n) is 6.43. The Hall–Kier alpha value is -0.760. The van der Waals surface area contributed by atoms with Crippen LogP contribution in [-0.2, 0) is 4.74 Å². The largest absolute Gasteiger partial charge is 0.499 e. The molecule has 0 amide bonds. The van der Waals surface area contributed by atoms with Crippen molar-refractivity contribution in [3.8, 4) is 0 Å². The molecule has 0 aromatic rings. The van der Waals surface area contributed by atoms with Crippen molar-refractivity contribution in [2.75, 3.05) is 26.2 Å². The average Bonchev–Trinajstić information content (AvgIpc) is 2.70. The first-order chi connectivity index (χ1) is 7.72. The molecule has 0 atom stereocenters. The zero-order valence-corrected chi connectivity index (χ0v) is 10.8. The summed E-state index contributed by atoms with van der Waals surface area (Å²) in [6.45, 7) is 12.6. The molecule has 0 radical (unpaired) electrons. The van der Waals surface area contributed by atoms with E-state index in [1.807, 2.05) is 13.8 Å². The van der Waals surface area contributed by atoms with E-state index in [0.29, 0.717) is 0 Å². The maximum atomic E-state index is 5.38. The van der Waals surface area contributed by atoms with Gasteiger partial charge in [0.1, 0.15) is 0 Å². The molecular formula is C14H25NO. The van der Waals surface area contributed by atoms with Crippen LogP contribution < -0.4 is 0 Å². The van der Waals surface area contributed by atoms with Gasteiger partial charge < -0.3 is 9.64 Å². The van der Waals surface area contributed by atoms with Crippen LogP contribution in [0.15, 0.2) is 24.0 Å². The van der Waals surface area contributed by atoms with Gasteiger partial charge >= 0.3 is 0 Å². The van der Waals surface area contributed by atoms with Crippen molar-refractivity contribution in [3.05, 3.63) is 24.0 Å². The van der Waals surface area contributed by atoms with Crippen molar-refractivity contribution in [3.63, 3.8) is 0 Å². The van der Waals surface area contributed by atoms with Crippen LogP contribution in [0, 0.1) is 0 Å². The zero-order valence-electron chi connectivity index (χ0n) is 10.8. The maximum Gasteiger partial charge on any atom is 0.0931 e. The first-order valence-corrected chi connectivity index (χ1v) is 6.43. The van der Waals surface area contributed by atoms with Gasteiger partial charge in [-0.1, -0.05) is 12.2 Å². The Morgan fingerprint density at radius 3 is 2.69 bits per heavy atom. The highest BCUT2D eigenvalue weighted by molar-refractivity contribution is 5.16. The number of hydrogen-bond acceptors (Lipinski definition) is 2. The monoisotopic (exact) mass is 223 g/mol. The maximum absolute atomic E-state index is 5.38. The van der Waals surface area contributed by atoms with E-state index in [1.165, 1.54) is 44.5 Å². The standard InChI is InChI=1S/C14H25NO/c1-4-16-14(3)12-13(2)8-7-11-15-9-5-6-10-15/h12H,2,4-11H2,1,3H3/b14-12+. The highest BCUT2D eigenvalue weighted by Crippen LogP contribution is 2.12. The second-order valence-corrected chi connectivity index (χ2v) is 4.50. The Balaban J connectivity index is 2.11. The van der Waals surface area contributed by atoms with Crippen molar-refractivity contribution in [2.45, 2.75) is 39.5 Å². The van der Waals surface area contributed by atoms with Gasteiger partial charge in [-0.15, -0.1) is 0 Å². The number of hydrogen-bond donors (Lipinski definition) is 0. The molecule has 1 fully saturated rings. The van der Waals surface area contributed by atoms with Gasteiger partial charge in [-0.3, -0.25) is 0 Å². The summed E-state index contributed by atoms with van der Waals surface area (Å²) in [6.07, 6.45) is 7.12. The van der Waals surface area contributed by atoms with Gasteiger partial charge in [0, 0.05) is 0 Å². The molecule has 0 saturated carbocycles. The van der Waals surface area contributed by atoms with E-state index < -0.39 is 0 Å². The molecule has 92 valence electrons. The zero-order chi connectivity index (χ0) is 11.8. The van der Waals surface area contributed by atoms with E-state index in [-0.39, 0.29) is 0 Å². The molecule has 2 nitrogen and oxygen atoms in total. The Kier molecular flexibility index (Phi) is 6.24. The molecule has 0 unspecified atom stereocenters. The highest BCUT2D eigenvalue weighted by Gasteiger charge is 2.10. The Labute approximate surface area is 100.0 Å². The summed E-state index contributed by atoms with van der Waals surface area (Å²) in [5.41, 5.74) is 1.19. The van der Waals surface area contributed by atoms with E-state index in [4.69, 9.17) is 4.74 Å².